The highest BCUT2D eigenvalue weighted by Gasteiger charge is 2.52. The van der Waals surface area contributed by atoms with Crippen LogP contribution in [-0.2, 0) is 0 Å². The number of anilines is 4. The van der Waals surface area contributed by atoms with Gasteiger partial charge in [-0.1, -0.05) is 92.9 Å². The van der Waals surface area contributed by atoms with Gasteiger partial charge in [0.05, 0.1) is 5.69 Å². The van der Waals surface area contributed by atoms with E-state index in [0.29, 0.717) is 0 Å². The Bertz CT molecular complexity index is 2790. The molecule has 4 aromatic carbocycles. The zero-order valence-corrected chi connectivity index (χ0v) is 55.3. The standard InChI is InChI=1S/C22H30N2O.C20H27ClN2.C17H25ClN2.C17H25FN2/c1-15(25)18-2-4-21(5-3-18)23-6-8-24(9-7-23)22-19-11-16-10-17(13-19)14-20(22)12-16;21-18-2-1-3-19(13-18)22-4-6-23(7-5-22)20-16-9-14-8-15(11-16)12-17(20)10-14;18-15-6-5-9-17(14-15)20-12-10-19(11-13-20)16-7-3-1-2-4-8-16;1-14-5-4-6-15(13-14)19-9-11-20(12-10-19)17-8-3-2-7-16(17)18/h2-5,16-17,19-20,22H,6-14H2,1H3;1-3,13-17,20H,4-12H2;5-6,9,14,16H,1-4,7-8,10-13H2;2-3,7-8,14-15H,4-6,9-13H2,1H3. The molecule has 0 N–H and O–H groups in total. The van der Waals surface area contributed by atoms with Crippen LogP contribution in [-0.4, -0.2) is 154 Å². The SMILES string of the molecule is CC(=O)c1ccc(N2CCN(C3C4CC5CC(C4)CC3C5)CC2)cc1.CC1CCCC(N2CCN(c3ccccc3F)CC2)C1.Clc1cccc(N2CCN(C3C4CC5CC(C4)CC3C5)CC2)c1.Clc1cccc(N2CCN(C3CCCCCC3)CC2)c1. The van der Waals surface area contributed by atoms with Gasteiger partial charge in [0, 0.05) is 162 Å². The Morgan fingerprint density at radius 2 is 0.807 bits per heavy atom. The van der Waals surface area contributed by atoms with Crippen molar-refractivity contribution in [2.45, 2.75) is 166 Å². The molecule has 478 valence electrons. The van der Waals surface area contributed by atoms with Crippen molar-refractivity contribution in [2.75, 3.05) is 124 Å². The lowest BCUT2D eigenvalue weighted by atomic mass is 9.54. The second-order valence-corrected chi connectivity index (χ2v) is 30.9. The predicted molar refractivity (Wildman–Crippen MR) is 365 cm³/mol. The number of rotatable bonds is 9. The van der Waals surface area contributed by atoms with Gasteiger partial charge in [0.2, 0.25) is 0 Å². The Labute approximate surface area is 540 Å². The summed E-state index contributed by atoms with van der Waals surface area (Å²) < 4.78 is 13.8. The molecule has 9 nitrogen and oxygen atoms in total. The smallest absolute Gasteiger partial charge is 0.159 e. The molecule has 4 saturated heterocycles. The van der Waals surface area contributed by atoms with Crippen LogP contribution in [0, 0.1) is 59.1 Å². The number of ketones is 1. The van der Waals surface area contributed by atoms with Gasteiger partial charge in [0.25, 0.3) is 0 Å². The largest absolute Gasteiger partial charge is 0.369 e. The predicted octanol–water partition coefficient (Wildman–Crippen LogP) is 15.8. The van der Waals surface area contributed by atoms with Crippen LogP contribution in [0.4, 0.5) is 27.1 Å². The summed E-state index contributed by atoms with van der Waals surface area (Å²) in [5.74, 6) is 9.27. The number of benzene rings is 4. The summed E-state index contributed by atoms with van der Waals surface area (Å²) in [5, 5.41) is 1.69. The number of Topliss-reactive ketones (excluding diaryl/α,β-unsaturated/α-hetero) is 1. The van der Waals surface area contributed by atoms with E-state index >= 15 is 0 Å². The number of carbonyl (C=O) groups excluding carboxylic acids is 1. The number of hydrogen-bond acceptors (Lipinski definition) is 9. The van der Waals surface area contributed by atoms with Gasteiger partial charge in [-0.25, -0.2) is 4.39 Å². The first-order chi connectivity index (χ1) is 43.0. The molecule has 2 atom stereocenters. The molecule has 8 bridgehead atoms. The minimum Gasteiger partial charge on any atom is -0.369 e. The molecular weight excluding hydrogens is 1130 g/mol. The van der Waals surface area contributed by atoms with Gasteiger partial charge in [-0.05, 0) is 223 Å². The number of para-hydroxylation sites is 1. The zero-order chi connectivity index (χ0) is 60.1. The van der Waals surface area contributed by atoms with Crippen molar-refractivity contribution in [3.05, 3.63) is 118 Å². The molecule has 0 amide bonds. The lowest BCUT2D eigenvalue weighted by Crippen LogP contribution is -2.60. The van der Waals surface area contributed by atoms with Crippen LogP contribution in [0.25, 0.3) is 0 Å². The molecule has 14 fully saturated rings. The Kier molecular flexibility index (Phi) is 21.0. The number of halogens is 3. The maximum atomic E-state index is 13.8. The third kappa shape index (κ3) is 15.3. The van der Waals surface area contributed by atoms with E-state index in [1.54, 1.807) is 31.9 Å². The van der Waals surface area contributed by atoms with E-state index in [0.717, 1.165) is 164 Å². The molecule has 10 saturated carbocycles. The van der Waals surface area contributed by atoms with Gasteiger partial charge in [-0.15, -0.1) is 0 Å². The van der Waals surface area contributed by atoms with Crippen molar-refractivity contribution < 1.29 is 9.18 Å². The van der Waals surface area contributed by atoms with E-state index in [9.17, 15) is 9.18 Å². The molecule has 0 spiro atoms. The molecule has 12 heteroatoms. The third-order valence-electron chi connectivity index (χ3n) is 24.4. The average molecular weight is 1240 g/mol. The maximum Gasteiger partial charge on any atom is 0.159 e. The van der Waals surface area contributed by atoms with Crippen LogP contribution in [0.2, 0.25) is 10.0 Å². The van der Waals surface area contributed by atoms with E-state index in [-0.39, 0.29) is 11.6 Å². The second-order valence-electron chi connectivity index (χ2n) is 30.0. The first-order valence-electron chi connectivity index (χ1n) is 35.8. The van der Waals surface area contributed by atoms with Gasteiger partial charge >= 0.3 is 0 Å². The lowest BCUT2D eigenvalue weighted by Gasteiger charge is -2.58. The summed E-state index contributed by atoms with van der Waals surface area (Å²) in [5.41, 5.74) is 5.43. The monoisotopic (exact) mass is 1240 g/mol. The lowest BCUT2D eigenvalue weighted by molar-refractivity contribution is -0.0665. The molecule has 0 aromatic heterocycles. The van der Waals surface area contributed by atoms with Crippen LogP contribution < -0.4 is 19.6 Å². The molecular formula is C76H107Cl2FN8O. The topological polar surface area (TPSA) is 43.0 Å². The van der Waals surface area contributed by atoms with Gasteiger partial charge in [-0.3, -0.25) is 24.4 Å². The summed E-state index contributed by atoms with van der Waals surface area (Å²) in [6.45, 7) is 22.2. The zero-order valence-electron chi connectivity index (χ0n) is 53.8. The molecule has 0 radical (unpaired) electrons. The van der Waals surface area contributed by atoms with E-state index < -0.39 is 0 Å². The molecule has 10 aliphatic carbocycles. The van der Waals surface area contributed by atoms with Crippen molar-refractivity contribution in [3.63, 3.8) is 0 Å². The van der Waals surface area contributed by atoms with Crippen LogP contribution in [0.5, 0.6) is 0 Å². The highest BCUT2D eigenvalue weighted by Crippen LogP contribution is 2.56. The van der Waals surface area contributed by atoms with Crippen LogP contribution >= 0.6 is 23.2 Å². The van der Waals surface area contributed by atoms with Gasteiger partial charge in [-0.2, -0.15) is 0 Å². The molecule has 18 rings (SSSR count). The number of nitrogens with zero attached hydrogens (tertiary/aromatic N) is 8. The second kappa shape index (κ2) is 29.4. The van der Waals surface area contributed by atoms with Crippen molar-refractivity contribution in [3.8, 4) is 0 Å². The summed E-state index contributed by atoms with van der Waals surface area (Å²) in [4.78, 5) is 32.2. The van der Waals surface area contributed by atoms with Crippen molar-refractivity contribution in [2.24, 2.45) is 53.3 Å². The van der Waals surface area contributed by atoms with Crippen LogP contribution in [0.15, 0.2) is 97.1 Å². The first kappa shape index (κ1) is 62.9. The van der Waals surface area contributed by atoms with Gasteiger partial charge in [0.1, 0.15) is 5.82 Å². The van der Waals surface area contributed by atoms with Crippen molar-refractivity contribution in [1.82, 2.24) is 19.6 Å². The third-order valence-corrected chi connectivity index (χ3v) is 24.9. The number of carbonyl (C=O) groups is 1. The Morgan fingerprint density at radius 3 is 1.24 bits per heavy atom. The Balaban J connectivity index is 0.000000109. The summed E-state index contributed by atoms with van der Waals surface area (Å²) >= 11 is 12.3. The highest BCUT2D eigenvalue weighted by molar-refractivity contribution is 6.31. The van der Waals surface area contributed by atoms with Crippen LogP contribution in [0.3, 0.4) is 0 Å². The summed E-state index contributed by atoms with van der Waals surface area (Å²) in [6, 6.07) is 35.3. The molecule has 4 aliphatic heterocycles. The fourth-order valence-electron chi connectivity index (χ4n) is 20.5. The van der Waals surface area contributed by atoms with E-state index in [1.165, 1.54) is 172 Å². The average Bonchev–Trinajstić information content (AvgIpc) is 1.10. The molecule has 4 aromatic rings. The summed E-state index contributed by atoms with van der Waals surface area (Å²) in [7, 11) is 0. The fourth-order valence-corrected chi connectivity index (χ4v) is 20.9. The maximum absolute atomic E-state index is 13.8. The van der Waals surface area contributed by atoms with Gasteiger partial charge in [0.15, 0.2) is 5.78 Å². The van der Waals surface area contributed by atoms with E-state index in [2.05, 4.69) is 94.7 Å². The Morgan fingerprint density at radius 1 is 0.398 bits per heavy atom. The molecule has 88 heavy (non-hydrogen) atoms. The summed E-state index contributed by atoms with van der Waals surface area (Å²) in [6.07, 6.45) is 29.4. The van der Waals surface area contributed by atoms with Gasteiger partial charge < -0.3 is 19.6 Å². The fraction of sp³-hybridized carbons (Fsp3) is 0.671. The normalized spacial score (nSPS) is 32.7. The Hall–Kier alpha value is -3.90. The molecule has 4 heterocycles. The number of piperazine rings is 4. The van der Waals surface area contributed by atoms with E-state index in [1.807, 2.05) is 36.4 Å². The number of hydrogen-bond donors (Lipinski definition) is 0. The van der Waals surface area contributed by atoms with Crippen molar-refractivity contribution >= 4 is 51.7 Å². The van der Waals surface area contributed by atoms with Crippen molar-refractivity contribution in [1.29, 1.82) is 0 Å². The highest BCUT2D eigenvalue weighted by atomic mass is 35.5. The van der Waals surface area contributed by atoms with Crippen LogP contribution in [0.1, 0.15) is 153 Å². The minimum absolute atomic E-state index is 0.0905. The first-order valence-corrected chi connectivity index (χ1v) is 36.6. The minimum atomic E-state index is -0.0905. The molecule has 2 unspecified atom stereocenters. The quantitative estimate of drug-likeness (QED) is 0.120. The van der Waals surface area contributed by atoms with E-state index in [4.69, 9.17) is 23.2 Å². The molecule has 14 aliphatic rings.